The molecule has 4 rings (SSSR count). The second kappa shape index (κ2) is 7.28. The maximum Gasteiger partial charge on any atom is 0.213 e. The number of ether oxygens (including phenoxy) is 1. The van der Waals surface area contributed by atoms with Gasteiger partial charge in [0.1, 0.15) is 12.3 Å². The van der Waals surface area contributed by atoms with Crippen molar-refractivity contribution in [1.29, 1.82) is 0 Å². The van der Waals surface area contributed by atoms with E-state index in [-0.39, 0.29) is 0 Å². The van der Waals surface area contributed by atoms with Gasteiger partial charge in [-0.05, 0) is 49.8 Å². The number of pyridine rings is 1. The number of hydrogen-bond donors (Lipinski definition) is 0. The van der Waals surface area contributed by atoms with Crippen molar-refractivity contribution in [2.75, 3.05) is 18.6 Å². The molecule has 27 heavy (non-hydrogen) atoms. The number of hydrogen-bond acceptors (Lipinski definition) is 2. The molecule has 2 aromatic carbocycles. The van der Waals surface area contributed by atoms with Crippen molar-refractivity contribution >= 4 is 28.7 Å². The van der Waals surface area contributed by atoms with Crippen LogP contribution in [-0.4, -0.2) is 13.7 Å². The lowest BCUT2D eigenvalue weighted by Gasteiger charge is -2.29. The number of rotatable bonds is 4. The summed E-state index contributed by atoms with van der Waals surface area (Å²) in [6.45, 7) is 6.24. The van der Waals surface area contributed by atoms with Crippen LogP contribution >= 0.6 is 0 Å². The molecule has 0 radical (unpaired) electrons. The van der Waals surface area contributed by atoms with Crippen LogP contribution in [0.15, 0.2) is 66.4 Å². The van der Waals surface area contributed by atoms with Gasteiger partial charge in [-0.3, -0.25) is 0 Å². The first-order chi connectivity index (χ1) is 13.2. The molecule has 1 aliphatic rings. The van der Waals surface area contributed by atoms with Crippen molar-refractivity contribution in [3.05, 3.63) is 77.6 Å². The topological polar surface area (TPSA) is 16.4 Å². The molecule has 0 saturated carbocycles. The normalized spacial score (nSPS) is 14.6. The van der Waals surface area contributed by atoms with Gasteiger partial charge in [-0.15, -0.1) is 0 Å². The summed E-state index contributed by atoms with van der Waals surface area (Å²) in [5.74, 6) is 0.889. The highest BCUT2D eigenvalue weighted by molar-refractivity contribution is 5.81. The Morgan fingerprint density at radius 3 is 2.63 bits per heavy atom. The van der Waals surface area contributed by atoms with E-state index in [4.69, 9.17) is 4.74 Å². The van der Waals surface area contributed by atoms with Crippen molar-refractivity contribution in [3.8, 4) is 5.75 Å². The van der Waals surface area contributed by atoms with Crippen LogP contribution in [0.2, 0.25) is 0 Å². The molecule has 3 aromatic rings. The lowest BCUT2D eigenvalue weighted by molar-refractivity contribution is -0.669. The number of nitrogens with zero attached hydrogens (tertiary/aromatic N) is 2. The molecule has 0 N–H and O–H groups in total. The third kappa shape index (κ3) is 3.10. The van der Waals surface area contributed by atoms with Gasteiger partial charge in [0.2, 0.25) is 11.2 Å². The van der Waals surface area contributed by atoms with Crippen LogP contribution in [0.3, 0.4) is 0 Å². The number of para-hydroxylation sites is 1. The number of benzene rings is 2. The lowest BCUT2D eigenvalue weighted by Crippen LogP contribution is -2.37. The molecule has 136 valence electrons. The van der Waals surface area contributed by atoms with Gasteiger partial charge in [0.25, 0.3) is 0 Å². The predicted molar refractivity (Wildman–Crippen MR) is 113 cm³/mol. The van der Waals surface area contributed by atoms with Crippen LogP contribution in [-0.2, 0) is 6.54 Å². The van der Waals surface area contributed by atoms with Gasteiger partial charge in [-0.2, -0.15) is 4.57 Å². The molecule has 0 bridgehead atoms. The summed E-state index contributed by atoms with van der Waals surface area (Å²) in [7, 11) is 1.71. The monoisotopic (exact) mass is 357 g/mol. The maximum absolute atomic E-state index is 5.37. The third-order valence-electron chi connectivity index (χ3n) is 5.17. The molecule has 0 amide bonds. The van der Waals surface area contributed by atoms with E-state index in [0.717, 1.165) is 18.8 Å². The summed E-state index contributed by atoms with van der Waals surface area (Å²) in [6, 6.07) is 19.2. The molecule has 3 nitrogen and oxygen atoms in total. The second-order valence-electron chi connectivity index (χ2n) is 6.63. The number of aromatic nitrogens is 1. The minimum atomic E-state index is 0.889. The van der Waals surface area contributed by atoms with Crippen molar-refractivity contribution in [1.82, 2.24) is 0 Å². The van der Waals surface area contributed by atoms with Crippen molar-refractivity contribution in [2.24, 2.45) is 0 Å². The van der Waals surface area contributed by atoms with Gasteiger partial charge in [0.15, 0.2) is 0 Å². The van der Waals surface area contributed by atoms with Gasteiger partial charge in [-0.1, -0.05) is 24.3 Å². The van der Waals surface area contributed by atoms with E-state index >= 15 is 0 Å². The van der Waals surface area contributed by atoms with E-state index in [2.05, 4.69) is 90.1 Å². The van der Waals surface area contributed by atoms with Crippen molar-refractivity contribution in [3.63, 3.8) is 0 Å². The number of allylic oxidation sites excluding steroid dienone is 1. The van der Waals surface area contributed by atoms with Gasteiger partial charge < -0.3 is 9.64 Å². The van der Waals surface area contributed by atoms with Crippen LogP contribution in [0.25, 0.3) is 23.1 Å². The van der Waals surface area contributed by atoms with Gasteiger partial charge in [-0.25, -0.2) is 0 Å². The largest absolute Gasteiger partial charge is 0.497 e. The third-order valence-corrected chi connectivity index (χ3v) is 5.17. The molecular weight excluding hydrogens is 332 g/mol. The smallest absolute Gasteiger partial charge is 0.213 e. The fourth-order valence-electron chi connectivity index (χ4n) is 3.83. The molecule has 3 heteroatoms. The number of methoxy groups -OCH3 is 1. The quantitative estimate of drug-likeness (QED) is 0.608. The van der Waals surface area contributed by atoms with Crippen molar-refractivity contribution in [2.45, 2.75) is 20.4 Å². The molecule has 0 fully saturated rings. The summed E-state index contributed by atoms with van der Waals surface area (Å²) in [5, 5.41) is 1.19. The first-order valence-corrected chi connectivity index (χ1v) is 9.52. The van der Waals surface area contributed by atoms with E-state index in [0.29, 0.717) is 0 Å². The van der Waals surface area contributed by atoms with E-state index < -0.39 is 0 Å². The first-order valence-electron chi connectivity index (χ1n) is 9.52. The van der Waals surface area contributed by atoms with Gasteiger partial charge in [0, 0.05) is 36.1 Å². The predicted octanol–water partition coefficient (Wildman–Crippen LogP) is 5.05. The molecule has 0 spiro atoms. The zero-order chi connectivity index (χ0) is 18.8. The van der Waals surface area contributed by atoms with Gasteiger partial charge in [0.05, 0.1) is 12.5 Å². The fourth-order valence-corrected chi connectivity index (χ4v) is 3.83. The first kappa shape index (κ1) is 17.3. The summed E-state index contributed by atoms with van der Waals surface area (Å²) in [6.07, 6.45) is 6.70. The fraction of sp³-hybridized carbons (Fsp3) is 0.208. The zero-order valence-corrected chi connectivity index (χ0v) is 16.1. The highest BCUT2D eigenvalue weighted by atomic mass is 16.5. The van der Waals surface area contributed by atoms with E-state index in [1.165, 1.54) is 33.5 Å². The Balaban J connectivity index is 1.83. The molecule has 0 saturated heterocycles. The van der Waals surface area contributed by atoms with E-state index in [1.807, 2.05) is 6.07 Å². The molecule has 0 atom stereocenters. The SMILES string of the molecule is CCN1/C(=C/c2ccc3cc(OC)ccc3[n+]2CC)C=Cc2ccccc21. The van der Waals surface area contributed by atoms with Gasteiger partial charge >= 0.3 is 0 Å². The minimum Gasteiger partial charge on any atom is -0.497 e. The number of fused-ring (bicyclic) bond motifs is 2. The molecular formula is C24H25N2O+. The van der Waals surface area contributed by atoms with Crippen LogP contribution in [0.1, 0.15) is 25.1 Å². The summed E-state index contributed by atoms with van der Waals surface area (Å²) in [4.78, 5) is 2.37. The van der Waals surface area contributed by atoms with Crippen LogP contribution in [0, 0.1) is 0 Å². The van der Waals surface area contributed by atoms with Crippen LogP contribution in [0.5, 0.6) is 5.75 Å². The Labute approximate surface area is 160 Å². The highest BCUT2D eigenvalue weighted by Crippen LogP contribution is 2.31. The molecule has 0 unspecified atom stereocenters. The second-order valence-corrected chi connectivity index (χ2v) is 6.63. The minimum absolute atomic E-state index is 0.889. The van der Waals surface area contributed by atoms with E-state index in [1.54, 1.807) is 7.11 Å². The zero-order valence-electron chi connectivity index (χ0n) is 16.1. The molecule has 2 heterocycles. The van der Waals surface area contributed by atoms with E-state index in [9.17, 15) is 0 Å². The summed E-state index contributed by atoms with van der Waals surface area (Å²) in [5.41, 5.74) is 6.17. The van der Waals surface area contributed by atoms with Crippen molar-refractivity contribution < 1.29 is 9.30 Å². The number of aryl methyl sites for hydroxylation is 1. The molecule has 1 aromatic heterocycles. The maximum atomic E-state index is 5.37. The summed E-state index contributed by atoms with van der Waals surface area (Å²) >= 11 is 0. The molecule has 0 aliphatic carbocycles. The van der Waals surface area contributed by atoms with Crippen LogP contribution < -0.4 is 14.2 Å². The average molecular weight is 357 g/mol. The Kier molecular flexibility index (Phi) is 4.68. The standard InChI is InChI=1S/C24H25N2O/c1-4-25-20(12-10-18-8-6-7-9-23(18)25)17-21-13-11-19-16-22(27-3)14-15-24(19)26(21)5-2/h6-17H,4-5H2,1-3H3/q+1. The average Bonchev–Trinajstić information content (AvgIpc) is 2.73. The Morgan fingerprint density at radius 2 is 1.85 bits per heavy atom. The highest BCUT2D eigenvalue weighted by Gasteiger charge is 2.19. The lowest BCUT2D eigenvalue weighted by atomic mass is 10.0. The van der Waals surface area contributed by atoms with Crippen LogP contribution in [0.4, 0.5) is 5.69 Å². The summed E-state index contributed by atoms with van der Waals surface area (Å²) < 4.78 is 7.72. The Morgan fingerprint density at radius 1 is 1.00 bits per heavy atom. The number of likely N-dealkylation sites (N-methyl/N-ethyl adjacent to an activating group) is 1. The molecule has 1 aliphatic heterocycles. The Bertz CT molecular complexity index is 1050. The number of anilines is 1. The Hall–Kier alpha value is -3.07.